The fourth-order valence-electron chi connectivity index (χ4n) is 1.59. The molecular weight excluding hydrogens is 232 g/mol. The number of nitrogens with one attached hydrogen (secondary N) is 2. The van der Waals surface area contributed by atoms with Crippen LogP contribution in [-0.2, 0) is 9.84 Å². The van der Waals surface area contributed by atoms with Crippen molar-refractivity contribution in [3.8, 4) is 0 Å². The van der Waals surface area contributed by atoms with E-state index < -0.39 is 15.4 Å². The van der Waals surface area contributed by atoms with Crippen LogP contribution in [0.3, 0.4) is 0 Å². The molecular formula is C9H16N2O2S2. The highest BCUT2D eigenvalue weighted by Crippen LogP contribution is 2.22. The molecule has 0 radical (unpaired) electrons. The molecule has 0 aliphatic carbocycles. The van der Waals surface area contributed by atoms with E-state index in [1.807, 2.05) is 6.92 Å². The molecule has 0 spiro atoms. The molecule has 6 heteroatoms. The molecule has 4 nitrogen and oxygen atoms in total. The van der Waals surface area contributed by atoms with Crippen LogP contribution in [0.2, 0.25) is 0 Å². The zero-order valence-electron chi connectivity index (χ0n) is 8.75. The lowest BCUT2D eigenvalue weighted by Gasteiger charge is -2.25. The van der Waals surface area contributed by atoms with Gasteiger partial charge in [0.2, 0.25) is 0 Å². The van der Waals surface area contributed by atoms with Gasteiger partial charge in [0.1, 0.15) is 0 Å². The second kappa shape index (κ2) is 4.49. The summed E-state index contributed by atoms with van der Waals surface area (Å²) in [5, 5.41) is 6.44. The molecule has 1 unspecified atom stereocenters. The lowest BCUT2D eigenvalue weighted by atomic mass is 10.0. The fraction of sp³-hybridized carbons (Fsp3) is 0.667. The van der Waals surface area contributed by atoms with Crippen LogP contribution in [0.1, 0.15) is 13.3 Å². The van der Waals surface area contributed by atoms with Crippen LogP contribution in [0.15, 0.2) is 12.7 Å². The monoisotopic (exact) mass is 248 g/mol. The van der Waals surface area contributed by atoms with E-state index in [0.717, 1.165) is 0 Å². The smallest absolute Gasteiger partial charge is 0.166 e. The van der Waals surface area contributed by atoms with Gasteiger partial charge in [-0.05, 0) is 25.6 Å². The van der Waals surface area contributed by atoms with Gasteiger partial charge in [0.25, 0.3) is 0 Å². The van der Waals surface area contributed by atoms with Crippen molar-refractivity contribution in [2.24, 2.45) is 0 Å². The quantitative estimate of drug-likeness (QED) is 0.552. The summed E-state index contributed by atoms with van der Waals surface area (Å²) in [6, 6.07) is 0. The molecule has 1 aliphatic rings. The molecule has 1 atom stereocenters. The van der Waals surface area contributed by atoms with E-state index in [2.05, 4.69) is 17.2 Å². The van der Waals surface area contributed by atoms with Crippen LogP contribution in [-0.4, -0.2) is 37.1 Å². The van der Waals surface area contributed by atoms with E-state index in [4.69, 9.17) is 12.2 Å². The van der Waals surface area contributed by atoms with Crippen molar-refractivity contribution in [1.82, 2.24) is 10.6 Å². The number of thiocarbonyl (C=S) groups is 1. The van der Waals surface area contributed by atoms with Crippen LogP contribution < -0.4 is 10.6 Å². The summed E-state index contributed by atoms with van der Waals surface area (Å²) in [4.78, 5) is 0. The van der Waals surface area contributed by atoms with Crippen LogP contribution in [0.5, 0.6) is 0 Å². The standard InChI is InChI=1S/C9H16N2O2S2/c1-3-5-10-8(14)11-9(2)4-6-15(12,13)7-9/h3H,1,4-7H2,2H3,(H2,10,11,14). The average Bonchev–Trinajstić information content (AvgIpc) is 2.37. The molecule has 1 rings (SSSR count). The molecule has 0 aromatic rings. The molecule has 0 aromatic carbocycles. The first-order chi connectivity index (χ1) is 6.87. The first kappa shape index (κ1) is 12.4. The predicted octanol–water partition coefficient (Wildman–Crippen LogP) is 0.214. The van der Waals surface area contributed by atoms with Gasteiger partial charge in [0.05, 0.1) is 17.0 Å². The van der Waals surface area contributed by atoms with Crippen LogP contribution >= 0.6 is 12.2 Å². The minimum atomic E-state index is -2.89. The van der Waals surface area contributed by atoms with Crippen molar-refractivity contribution in [2.45, 2.75) is 18.9 Å². The molecule has 1 fully saturated rings. The normalized spacial score (nSPS) is 28.3. The number of sulfone groups is 1. The van der Waals surface area contributed by atoms with Crippen LogP contribution in [0, 0.1) is 0 Å². The second-order valence-corrected chi connectivity index (χ2v) is 6.62. The maximum absolute atomic E-state index is 11.3. The lowest BCUT2D eigenvalue weighted by molar-refractivity contribution is 0.469. The Hall–Kier alpha value is -0.620. The molecule has 0 aromatic heterocycles. The topological polar surface area (TPSA) is 58.2 Å². The largest absolute Gasteiger partial charge is 0.359 e. The van der Waals surface area contributed by atoms with Gasteiger partial charge in [-0.15, -0.1) is 6.58 Å². The van der Waals surface area contributed by atoms with Gasteiger partial charge in [-0.25, -0.2) is 8.42 Å². The van der Waals surface area contributed by atoms with Gasteiger partial charge in [0.15, 0.2) is 14.9 Å². The van der Waals surface area contributed by atoms with Crippen molar-refractivity contribution in [1.29, 1.82) is 0 Å². The summed E-state index contributed by atoms with van der Waals surface area (Å²) in [6.45, 7) is 6.01. The third-order valence-corrected chi connectivity index (χ3v) is 4.48. The lowest BCUT2D eigenvalue weighted by Crippen LogP contribution is -2.50. The molecule has 1 heterocycles. The highest BCUT2D eigenvalue weighted by atomic mass is 32.2. The van der Waals surface area contributed by atoms with E-state index in [1.165, 1.54) is 0 Å². The Morgan fingerprint density at radius 1 is 1.67 bits per heavy atom. The average molecular weight is 248 g/mol. The van der Waals surface area contributed by atoms with Crippen LogP contribution in [0.25, 0.3) is 0 Å². The van der Waals surface area contributed by atoms with Crippen molar-refractivity contribution in [3.05, 3.63) is 12.7 Å². The summed E-state index contributed by atoms with van der Waals surface area (Å²) in [5.41, 5.74) is -0.427. The Morgan fingerprint density at radius 2 is 2.33 bits per heavy atom. The Labute approximate surface area is 96.0 Å². The van der Waals surface area contributed by atoms with Gasteiger partial charge in [-0.1, -0.05) is 6.08 Å². The summed E-state index contributed by atoms with van der Waals surface area (Å²) in [5.74, 6) is 0.385. The van der Waals surface area contributed by atoms with E-state index in [-0.39, 0.29) is 11.5 Å². The second-order valence-electron chi connectivity index (χ2n) is 4.03. The fourth-order valence-corrected chi connectivity index (χ4v) is 4.02. The molecule has 1 aliphatic heterocycles. The third kappa shape index (κ3) is 3.79. The first-order valence-corrected chi connectivity index (χ1v) is 6.97. The molecule has 0 amide bonds. The van der Waals surface area contributed by atoms with Gasteiger partial charge in [-0.3, -0.25) is 0 Å². The summed E-state index contributed by atoms with van der Waals surface area (Å²) in [7, 11) is -2.89. The zero-order valence-corrected chi connectivity index (χ0v) is 10.4. The highest BCUT2D eigenvalue weighted by Gasteiger charge is 2.38. The van der Waals surface area contributed by atoms with Crippen molar-refractivity contribution < 1.29 is 8.42 Å². The molecule has 2 N–H and O–H groups in total. The number of hydrogen-bond acceptors (Lipinski definition) is 3. The summed E-state index contributed by atoms with van der Waals surface area (Å²) in [6.07, 6.45) is 2.30. The Bertz CT molecular complexity index is 364. The van der Waals surface area contributed by atoms with Gasteiger partial charge in [-0.2, -0.15) is 0 Å². The Morgan fingerprint density at radius 3 is 2.80 bits per heavy atom. The molecule has 86 valence electrons. The Kier molecular flexibility index (Phi) is 3.72. The van der Waals surface area contributed by atoms with Crippen LogP contribution in [0.4, 0.5) is 0 Å². The van der Waals surface area contributed by atoms with Gasteiger partial charge >= 0.3 is 0 Å². The zero-order chi connectivity index (χ0) is 11.5. The summed E-state index contributed by atoms with van der Waals surface area (Å²) < 4.78 is 22.6. The van der Waals surface area contributed by atoms with Crippen molar-refractivity contribution in [2.75, 3.05) is 18.1 Å². The van der Waals surface area contributed by atoms with E-state index >= 15 is 0 Å². The molecule has 0 bridgehead atoms. The maximum atomic E-state index is 11.3. The van der Waals surface area contributed by atoms with Gasteiger partial charge in [0, 0.05) is 6.54 Å². The number of rotatable bonds is 3. The predicted molar refractivity (Wildman–Crippen MR) is 65.6 cm³/mol. The van der Waals surface area contributed by atoms with Crippen molar-refractivity contribution >= 4 is 27.2 Å². The maximum Gasteiger partial charge on any atom is 0.166 e. The highest BCUT2D eigenvalue weighted by molar-refractivity contribution is 7.91. The van der Waals surface area contributed by atoms with Gasteiger partial charge < -0.3 is 10.6 Å². The summed E-state index contributed by atoms with van der Waals surface area (Å²) >= 11 is 5.04. The Balaban J connectivity index is 2.51. The molecule has 1 saturated heterocycles. The minimum absolute atomic E-state index is 0.149. The SMILES string of the molecule is C=CCNC(=S)NC1(C)CCS(=O)(=O)C1. The first-order valence-electron chi connectivity index (χ1n) is 4.74. The number of hydrogen-bond donors (Lipinski definition) is 2. The van der Waals surface area contributed by atoms with Crippen molar-refractivity contribution in [3.63, 3.8) is 0 Å². The third-order valence-electron chi connectivity index (χ3n) is 2.33. The van der Waals surface area contributed by atoms with E-state index in [0.29, 0.717) is 18.1 Å². The van der Waals surface area contributed by atoms with E-state index in [9.17, 15) is 8.42 Å². The van der Waals surface area contributed by atoms with E-state index in [1.54, 1.807) is 6.08 Å². The molecule has 0 saturated carbocycles. The molecule has 15 heavy (non-hydrogen) atoms. The minimum Gasteiger partial charge on any atom is -0.359 e.